The Morgan fingerprint density at radius 3 is 2.12 bits per heavy atom. The number of carbonyl (C=O) groups excluding carboxylic acids is 2. The topological polar surface area (TPSA) is 109 Å². The predicted octanol–water partition coefficient (Wildman–Crippen LogP) is 5.82. The largest absolute Gasteiger partial charge is 0.573 e. The summed E-state index contributed by atoms with van der Waals surface area (Å²) in [5.41, 5.74) is -3.80. The third kappa shape index (κ3) is 6.47. The smallest absolute Gasteiger partial charge is 0.490 e. The van der Waals surface area contributed by atoms with E-state index in [-0.39, 0.29) is 23.1 Å². The fourth-order valence-corrected chi connectivity index (χ4v) is 3.13. The van der Waals surface area contributed by atoms with E-state index in [1.807, 2.05) is 0 Å². The molecule has 17 heteroatoms. The van der Waals surface area contributed by atoms with Gasteiger partial charge >= 0.3 is 18.5 Å². The third-order valence-corrected chi connectivity index (χ3v) is 4.90. The highest BCUT2D eigenvalue weighted by Gasteiger charge is 2.40. The molecule has 2 aromatic heterocycles. The van der Waals surface area contributed by atoms with Crippen LogP contribution in [0.25, 0.3) is 0 Å². The number of pyridine rings is 2. The summed E-state index contributed by atoms with van der Waals surface area (Å²) in [4.78, 5) is 31.5. The number of amides is 1. The Kier molecular flexibility index (Phi) is 8.35. The van der Waals surface area contributed by atoms with Crippen LogP contribution in [-0.4, -0.2) is 42.4 Å². The van der Waals surface area contributed by atoms with Crippen molar-refractivity contribution < 1.29 is 63.7 Å². The van der Waals surface area contributed by atoms with Gasteiger partial charge in [0.1, 0.15) is 11.3 Å². The van der Waals surface area contributed by atoms with E-state index < -0.39 is 70.3 Å². The van der Waals surface area contributed by atoms with Crippen molar-refractivity contribution in [3.05, 3.63) is 64.7 Å². The molecule has 0 radical (unpaired) electrons. The Morgan fingerprint density at radius 2 is 1.55 bits per heavy atom. The van der Waals surface area contributed by atoms with Crippen LogP contribution in [0.4, 0.5) is 40.8 Å². The average molecular weight is 581 g/mol. The maximum atomic E-state index is 15.1. The summed E-state index contributed by atoms with van der Waals surface area (Å²) in [5, 5.41) is 2.11. The molecule has 0 spiro atoms. The van der Waals surface area contributed by atoms with Gasteiger partial charge < -0.3 is 24.3 Å². The van der Waals surface area contributed by atoms with Crippen LogP contribution < -0.4 is 19.5 Å². The number of rotatable bonds is 7. The molecule has 0 aliphatic rings. The Balaban J connectivity index is 2.12. The summed E-state index contributed by atoms with van der Waals surface area (Å²) >= 11 is 0. The number of methoxy groups -OCH3 is 2. The van der Waals surface area contributed by atoms with Crippen molar-refractivity contribution in [3.63, 3.8) is 0 Å². The molecule has 0 aliphatic carbocycles. The SMILES string of the molecule is COC(=O)c1cc(NC(=O)c2c(Oc3ccc(OC(F)(F)F)c(F)c3OC)cnc(C(F)(F)F)c2F)c(C)cn1. The second kappa shape index (κ2) is 11.2. The molecular formula is C23H15F8N3O6. The van der Waals surface area contributed by atoms with Crippen LogP contribution in [0.1, 0.15) is 32.1 Å². The van der Waals surface area contributed by atoms with Gasteiger partial charge in [-0.3, -0.25) is 4.79 Å². The lowest BCUT2D eigenvalue weighted by molar-refractivity contribution is -0.275. The predicted molar refractivity (Wildman–Crippen MR) is 117 cm³/mol. The molecule has 9 nitrogen and oxygen atoms in total. The molecule has 1 N–H and O–H groups in total. The molecule has 40 heavy (non-hydrogen) atoms. The van der Waals surface area contributed by atoms with Crippen LogP contribution in [0.5, 0.6) is 23.0 Å². The number of carbonyl (C=O) groups is 2. The number of alkyl halides is 6. The van der Waals surface area contributed by atoms with Gasteiger partial charge in [-0.1, -0.05) is 0 Å². The van der Waals surface area contributed by atoms with Crippen LogP contribution >= 0.6 is 0 Å². The molecular weight excluding hydrogens is 566 g/mol. The van der Waals surface area contributed by atoms with Gasteiger partial charge in [-0.05, 0) is 30.7 Å². The van der Waals surface area contributed by atoms with Gasteiger partial charge in [0.25, 0.3) is 5.91 Å². The highest BCUT2D eigenvalue weighted by molar-refractivity contribution is 6.07. The van der Waals surface area contributed by atoms with Crippen molar-refractivity contribution in [1.82, 2.24) is 9.97 Å². The first-order valence-corrected chi connectivity index (χ1v) is 10.5. The minimum atomic E-state index is -5.37. The first-order chi connectivity index (χ1) is 18.6. The maximum absolute atomic E-state index is 15.1. The Bertz CT molecular complexity index is 1460. The normalized spacial score (nSPS) is 11.6. The highest BCUT2D eigenvalue weighted by atomic mass is 19.4. The summed E-state index contributed by atoms with van der Waals surface area (Å²) < 4.78 is 125. The van der Waals surface area contributed by atoms with E-state index in [0.29, 0.717) is 12.1 Å². The van der Waals surface area contributed by atoms with Crippen LogP contribution in [0.15, 0.2) is 30.6 Å². The standard InChI is InChI=1S/C23H15F8N3O6/c1-9-7-32-11(21(36)38-3)6-10(9)34-20(35)15-14(8-33-19(17(15)25)22(26,27)28)39-13-5-4-12(40-23(29,30)31)16(24)18(13)37-2/h4-8H,1-3H3,(H,32,34,35). The van der Waals surface area contributed by atoms with E-state index in [0.717, 1.165) is 26.5 Å². The molecule has 0 aliphatic heterocycles. The van der Waals surface area contributed by atoms with Gasteiger partial charge in [0.05, 0.1) is 20.4 Å². The number of aromatic nitrogens is 2. The fourth-order valence-electron chi connectivity index (χ4n) is 3.13. The second-order valence-electron chi connectivity index (χ2n) is 7.55. The van der Waals surface area contributed by atoms with E-state index in [2.05, 4.69) is 29.5 Å². The monoisotopic (exact) mass is 581 g/mol. The molecule has 0 saturated carbocycles. The minimum Gasteiger partial charge on any atom is -0.490 e. The van der Waals surface area contributed by atoms with Gasteiger partial charge in [0.2, 0.25) is 11.6 Å². The first kappa shape index (κ1) is 29.9. The Labute approximate surface area is 218 Å². The van der Waals surface area contributed by atoms with Crippen LogP contribution in [0.2, 0.25) is 0 Å². The number of benzene rings is 1. The van der Waals surface area contributed by atoms with Crippen molar-refractivity contribution in [2.75, 3.05) is 19.5 Å². The van der Waals surface area contributed by atoms with Crippen molar-refractivity contribution >= 4 is 17.6 Å². The van der Waals surface area contributed by atoms with E-state index >= 15 is 4.39 Å². The first-order valence-electron chi connectivity index (χ1n) is 10.5. The minimum absolute atomic E-state index is 0.187. The van der Waals surface area contributed by atoms with E-state index in [9.17, 15) is 40.3 Å². The molecule has 1 aromatic carbocycles. The zero-order chi connectivity index (χ0) is 30.0. The number of anilines is 1. The number of esters is 1. The highest BCUT2D eigenvalue weighted by Crippen LogP contribution is 2.42. The van der Waals surface area contributed by atoms with Crippen LogP contribution in [0.3, 0.4) is 0 Å². The van der Waals surface area contributed by atoms with E-state index in [4.69, 9.17) is 4.74 Å². The Morgan fingerprint density at radius 1 is 0.900 bits per heavy atom. The van der Waals surface area contributed by atoms with Crippen molar-refractivity contribution in [3.8, 4) is 23.0 Å². The van der Waals surface area contributed by atoms with Crippen molar-refractivity contribution in [2.24, 2.45) is 0 Å². The van der Waals surface area contributed by atoms with E-state index in [1.54, 1.807) is 0 Å². The molecule has 0 bridgehead atoms. The molecule has 0 unspecified atom stereocenters. The molecule has 1 amide bonds. The molecule has 214 valence electrons. The number of hydrogen-bond acceptors (Lipinski definition) is 8. The summed E-state index contributed by atoms with van der Waals surface area (Å²) in [6.07, 6.45) is -9.26. The summed E-state index contributed by atoms with van der Waals surface area (Å²) in [7, 11) is 1.85. The van der Waals surface area contributed by atoms with E-state index in [1.165, 1.54) is 6.92 Å². The number of nitrogens with one attached hydrogen (secondary N) is 1. The molecule has 0 atom stereocenters. The van der Waals surface area contributed by atoms with Gasteiger partial charge in [-0.25, -0.2) is 19.2 Å². The van der Waals surface area contributed by atoms with Crippen LogP contribution in [0, 0.1) is 18.6 Å². The van der Waals surface area contributed by atoms with Crippen molar-refractivity contribution in [1.29, 1.82) is 0 Å². The van der Waals surface area contributed by atoms with Crippen molar-refractivity contribution in [2.45, 2.75) is 19.5 Å². The molecule has 0 fully saturated rings. The lowest BCUT2D eigenvalue weighted by atomic mass is 10.1. The fraction of sp³-hybridized carbons (Fsp3) is 0.217. The van der Waals surface area contributed by atoms with Gasteiger partial charge in [-0.2, -0.15) is 17.6 Å². The third-order valence-electron chi connectivity index (χ3n) is 4.90. The van der Waals surface area contributed by atoms with Gasteiger partial charge in [-0.15, -0.1) is 13.2 Å². The molecule has 3 aromatic rings. The zero-order valence-electron chi connectivity index (χ0n) is 20.3. The number of nitrogens with zero attached hydrogens (tertiary/aromatic N) is 2. The summed E-state index contributed by atoms with van der Waals surface area (Å²) in [6, 6.07) is 2.11. The molecule has 0 saturated heterocycles. The number of hydrogen-bond donors (Lipinski definition) is 1. The van der Waals surface area contributed by atoms with Gasteiger partial charge in [0, 0.05) is 11.9 Å². The number of aryl methyl sites for hydroxylation is 1. The lowest BCUT2D eigenvalue weighted by Crippen LogP contribution is -2.21. The summed E-state index contributed by atoms with van der Waals surface area (Å²) in [6.45, 7) is 1.39. The van der Waals surface area contributed by atoms with Crippen LogP contribution in [-0.2, 0) is 10.9 Å². The number of halogens is 8. The average Bonchev–Trinajstić information content (AvgIpc) is 2.85. The number of ether oxygens (including phenoxy) is 4. The Hall–Kier alpha value is -4.70. The second-order valence-corrected chi connectivity index (χ2v) is 7.55. The zero-order valence-corrected chi connectivity index (χ0v) is 20.3. The molecule has 3 rings (SSSR count). The maximum Gasteiger partial charge on any atom is 0.573 e. The molecule has 2 heterocycles. The quantitative estimate of drug-likeness (QED) is 0.275. The van der Waals surface area contributed by atoms with Gasteiger partial charge in [0.15, 0.2) is 28.8 Å². The summed E-state index contributed by atoms with van der Waals surface area (Å²) in [5.74, 6) is -10.6. The lowest BCUT2D eigenvalue weighted by Gasteiger charge is -2.18.